The van der Waals surface area contributed by atoms with Gasteiger partial charge in [0.15, 0.2) is 16.9 Å². The van der Waals surface area contributed by atoms with Crippen LogP contribution in [0.25, 0.3) is 11.2 Å². The average Bonchev–Trinajstić information content (AvgIpc) is 2.91. The molecule has 2 aromatic carbocycles. The number of ketones is 1. The molecule has 0 saturated carbocycles. The van der Waals surface area contributed by atoms with Gasteiger partial charge in [-0.2, -0.15) is 13.2 Å². The topological polar surface area (TPSA) is 77.4 Å². The van der Waals surface area contributed by atoms with Gasteiger partial charge in [0.05, 0.1) is 25.0 Å². The summed E-state index contributed by atoms with van der Waals surface area (Å²) >= 11 is 0. The second-order valence-corrected chi connectivity index (χ2v) is 8.86. The molecule has 0 aliphatic carbocycles. The molecule has 39 heavy (non-hydrogen) atoms. The summed E-state index contributed by atoms with van der Waals surface area (Å²) < 4.78 is 78.8. The third-order valence-corrected chi connectivity index (χ3v) is 6.13. The minimum atomic E-state index is -4.68. The number of carbonyl (C=O) groups is 1. The van der Waals surface area contributed by atoms with Gasteiger partial charge in [-0.25, -0.2) is 23.7 Å². The van der Waals surface area contributed by atoms with Crippen molar-refractivity contribution in [3.8, 4) is 11.5 Å². The lowest BCUT2D eigenvalue weighted by Crippen LogP contribution is -2.36. The number of fused-ring (bicyclic) bond motifs is 1. The van der Waals surface area contributed by atoms with E-state index in [9.17, 15) is 26.7 Å². The van der Waals surface area contributed by atoms with E-state index in [4.69, 9.17) is 9.47 Å². The van der Waals surface area contributed by atoms with Crippen LogP contribution in [0.4, 0.5) is 27.8 Å². The van der Waals surface area contributed by atoms with Crippen LogP contribution in [-0.4, -0.2) is 47.0 Å². The maximum Gasteiger partial charge on any atom is 0.416 e. The van der Waals surface area contributed by atoms with Gasteiger partial charge in [-0.1, -0.05) is 6.07 Å². The molecule has 0 N–H and O–H groups in total. The quantitative estimate of drug-likeness (QED) is 0.292. The summed E-state index contributed by atoms with van der Waals surface area (Å²) in [7, 11) is 0. The molecule has 1 aliphatic heterocycles. The summed E-state index contributed by atoms with van der Waals surface area (Å²) in [6.07, 6.45) is -2.63. The van der Waals surface area contributed by atoms with Crippen LogP contribution in [0.3, 0.4) is 0 Å². The number of benzene rings is 2. The van der Waals surface area contributed by atoms with Crippen LogP contribution in [0.1, 0.15) is 16.7 Å². The first kappa shape index (κ1) is 26.4. The number of ether oxygens (including phenoxy) is 2. The minimum absolute atomic E-state index is 0.00531. The molecular formula is C27H21F5N4O3. The van der Waals surface area contributed by atoms with Crippen molar-refractivity contribution in [2.24, 2.45) is 0 Å². The number of halogens is 5. The van der Waals surface area contributed by atoms with E-state index in [2.05, 4.69) is 15.0 Å². The van der Waals surface area contributed by atoms with Crippen molar-refractivity contribution in [3.05, 3.63) is 83.2 Å². The van der Waals surface area contributed by atoms with Crippen LogP contribution in [0.2, 0.25) is 0 Å². The fraction of sp³-hybridized carbons (Fsp3) is 0.259. The molecule has 0 radical (unpaired) electrons. The monoisotopic (exact) mass is 544 g/mol. The molecule has 0 atom stereocenters. The van der Waals surface area contributed by atoms with Crippen LogP contribution in [0, 0.1) is 11.6 Å². The number of Topliss-reactive ketones (excluding diaryl/α,β-unsaturated/α-hetero) is 1. The van der Waals surface area contributed by atoms with Crippen molar-refractivity contribution in [2.75, 3.05) is 31.2 Å². The molecule has 1 saturated heterocycles. The number of hydrogen-bond donors (Lipinski definition) is 0. The number of rotatable bonds is 7. The van der Waals surface area contributed by atoms with E-state index in [0.29, 0.717) is 67.2 Å². The van der Waals surface area contributed by atoms with Crippen molar-refractivity contribution in [1.29, 1.82) is 0 Å². The van der Waals surface area contributed by atoms with Crippen LogP contribution >= 0.6 is 0 Å². The van der Waals surface area contributed by atoms with E-state index in [1.54, 1.807) is 12.3 Å². The fourth-order valence-electron chi connectivity index (χ4n) is 4.15. The Labute approximate surface area is 219 Å². The Hall–Kier alpha value is -4.19. The average molecular weight is 544 g/mol. The van der Waals surface area contributed by atoms with Gasteiger partial charge in [-0.3, -0.25) is 4.79 Å². The minimum Gasteiger partial charge on any atom is -0.455 e. The predicted molar refractivity (Wildman–Crippen MR) is 131 cm³/mol. The van der Waals surface area contributed by atoms with Gasteiger partial charge >= 0.3 is 6.18 Å². The fourth-order valence-corrected chi connectivity index (χ4v) is 4.15. The normalized spacial score (nSPS) is 14.0. The second-order valence-electron chi connectivity index (χ2n) is 8.86. The SMILES string of the molecule is O=C(Cc1ccc(Oc2ccnc3nc(N4CCOCC4)cnc23)cc1F)Cc1cc(C(F)(F)F)ccc1F. The van der Waals surface area contributed by atoms with Gasteiger partial charge in [-0.05, 0) is 35.4 Å². The largest absolute Gasteiger partial charge is 0.455 e. The van der Waals surface area contributed by atoms with Crippen LogP contribution in [-0.2, 0) is 28.5 Å². The van der Waals surface area contributed by atoms with Gasteiger partial charge in [0.2, 0.25) is 0 Å². The van der Waals surface area contributed by atoms with E-state index in [0.717, 1.165) is 6.07 Å². The molecule has 5 rings (SSSR count). The van der Waals surface area contributed by atoms with Gasteiger partial charge in [0.1, 0.15) is 29.0 Å². The summed E-state index contributed by atoms with van der Waals surface area (Å²) in [4.78, 5) is 27.7. The first-order chi connectivity index (χ1) is 18.7. The Morgan fingerprint density at radius 2 is 1.72 bits per heavy atom. The molecule has 0 spiro atoms. The number of pyridine rings is 1. The summed E-state index contributed by atoms with van der Waals surface area (Å²) in [5.41, 5.74) is -0.754. The van der Waals surface area contributed by atoms with Crippen molar-refractivity contribution in [2.45, 2.75) is 19.0 Å². The summed E-state index contributed by atoms with van der Waals surface area (Å²) in [5.74, 6) is -1.27. The Morgan fingerprint density at radius 1 is 0.949 bits per heavy atom. The van der Waals surface area contributed by atoms with Crippen LogP contribution < -0.4 is 9.64 Å². The summed E-state index contributed by atoms with van der Waals surface area (Å²) in [6.45, 7) is 2.54. The summed E-state index contributed by atoms with van der Waals surface area (Å²) in [5, 5.41) is 0. The number of nitrogens with zero attached hydrogens (tertiary/aromatic N) is 4. The molecule has 0 bridgehead atoms. The summed E-state index contributed by atoms with van der Waals surface area (Å²) in [6, 6.07) is 7.26. The number of hydrogen-bond acceptors (Lipinski definition) is 7. The number of morpholine rings is 1. The highest BCUT2D eigenvalue weighted by atomic mass is 19.4. The third kappa shape index (κ3) is 6.11. The van der Waals surface area contributed by atoms with E-state index in [1.165, 1.54) is 18.3 Å². The Kier molecular flexibility index (Phi) is 7.38. The van der Waals surface area contributed by atoms with Crippen LogP contribution in [0.5, 0.6) is 11.5 Å². The highest BCUT2D eigenvalue weighted by Crippen LogP contribution is 2.31. The van der Waals surface area contributed by atoms with Crippen molar-refractivity contribution < 1.29 is 36.2 Å². The zero-order valence-corrected chi connectivity index (χ0v) is 20.3. The molecule has 1 aliphatic rings. The Balaban J connectivity index is 1.29. The number of aromatic nitrogens is 3. The maximum absolute atomic E-state index is 14.8. The number of carbonyl (C=O) groups excluding carboxylic acids is 1. The zero-order chi connectivity index (χ0) is 27.6. The highest BCUT2D eigenvalue weighted by molar-refractivity contribution is 5.83. The Morgan fingerprint density at radius 3 is 2.46 bits per heavy atom. The highest BCUT2D eigenvalue weighted by Gasteiger charge is 2.31. The molecule has 0 unspecified atom stereocenters. The smallest absolute Gasteiger partial charge is 0.416 e. The number of anilines is 1. The van der Waals surface area contributed by atoms with Crippen molar-refractivity contribution >= 4 is 22.8 Å². The van der Waals surface area contributed by atoms with Crippen molar-refractivity contribution in [1.82, 2.24) is 15.0 Å². The molecular weight excluding hydrogens is 523 g/mol. The van der Waals surface area contributed by atoms with Crippen molar-refractivity contribution in [3.63, 3.8) is 0 Å². The van der Waals surface area contributed by atoms with E-state index < -0.39 is 47.6 Å². The third-order valence-electron chi connectivity index (χ3n) is 6.13. The molecule has 7 nitrogen and oxygen atoms in total. The lowest BCUT2D eigenvalue weighted by Gasteiger charge is -2.27. The van der Waals surface area contributed by atoms with Gasteiger partial charge in [-0.15, -0.1) is 0 Å². The maximum atomic E-state index is 14.8. The van der Waals surface area contributed by atoms with Crippen LogP contribution in [0.15, 0.2) is 54.9 Å². The zero-order valence-electron chi connectivity index (χ0n) is 20.3. The van der Waals surface area contributed by atoms with E-state index in [1.807, 2.05) is 4.90 Å². The number of alkyl halides is 3. The molecule has 3 heterocycles. The van der Waals surface area contributed by atoms with E-state index in [-0.39, 0.29) is 11.3 Å². The predicted octanol–water partition coefficient (Wildman–Crippen LogP) is 5.31. The van der Waals surface area contributed by atoms with Gasteiger partial charge in [0.25, 0.3) is 0 Å². The second kappa shape index (κ2) is 10.9. The molecule has 0 amide bonds. The standard InChI is InChI=1S/C27H21F5N4O3/c28-21-4-2-18(27(30,31)32)11-17(21)13-19(37)12-16-1-3-20(14-22(16)29)39-23-5-6-33-26-25(23)34-15-24(35-26)36-7-9-38-10-8-36/h1-6,11,14-15H,7-10,12-13H2. The van der Waals surface area contributed by atoms with Gasteiger partial charge in [0, 0.05) is 44.3 Å². The molecule has 1 fully saturated rings. The van der Waals surface area contributed by atoms with E-state index >= 15 is 0 Å². The lowest BCUT2D eigenvalue weighted by molar-refractivity contribution is -0.137. The molecule has 2 aromatic heterocycles. The molecule has 4 aromatic rings. The first-order valence-electron chi connectivity index (χ1n) is 12.0. The lowest BCUT2D eigenvalue weighted by atomic mass is 10.00. The molecule has 12 heteroatoms. The first-order valence-corrected chi connectivity index (χ1v) is 12.0. The Bertz CT molecular complexity index is 1520. The molecule has 202 valence electrons. The van der Waals surface area contributed by atoms with Gasteiger partial charge < -0.3 is 14.4 Å².